The van der Waals surface area contributed by atoms with Crippen LogP contribution in [-0.4, -0.2) is 23.1 Å². The fraction of sp³-hybridized carbons (Fsp3) is 0.143. The average Bonchev–Trinajstić information content (AvgIpc) is 1.99. The molecule has 0 radical (unpaired) electrons. The molecule has 84 valence electrons. The third kappa shape index (κ3) is 3.56. The van der Waals surface area contributed by atoms with E-state index < -0.39 is 20.0 Å². The van der Waals surface area contributed by atoms with E-state index in [1.807, 2.05) is 0 Å². The Kier molecular flexibility index (Phi) is 3.54. The van der Waals surface area contributed by atoms with Crippen LogP contribution in [0.3, 0.4) is 0 Å². The lowest BCUT2D eigenvalue weighted by Gasteiger charge is -2.05. The molecule has 0 amide bonds. The largest absolute Gasteiger partial charge is 0.254 e. The van der Waals surface area contributed by atoms with E-state index in [0.717, 1.165) is 6.26 Å². The van der Waals surface area contributed by atoms with Gasteiger partial charge >= 0.3 is 0 Å². The molecular weight excluding hydrogens is 306 g/mol. The minimum Gasteiger partial charge on any atom is -0.212 e. The smallest absolute Gasteiger partial charge is 0.212 e. The van der Waals surface area contributed by atoms with Gasteiger partial charge in [-0.2, -0.15) is 0 Å². The van der Waals surface area contributed by atoms with Gasteiger partial charge in [-0.25, -0.2) is 16.8 Å². The van der Waals surface area contributed by atoms with Crippen molar-refractivity contribution in [1.29, 1.82) is 0 Å². The van der Waals surface area contributed by atoms with Gasteiger partial charge in [0.25, 0.3) is 10.0 Å². The SMILES string of the molecule is CS(=O)(=O)NS(=O)(=O)c1ccccc1Br. The predicted molar refractivity (Wildman–Crippen MR) is 59.3 cm³/mol. The van der Waals surface area contributed by atoms with Gasteiger partial charge in [0.1, 0.15) is 0 Å². The van der Waals surface area contributed by atoms with Crippen molar-refractivity contribution in [3.05, 3.63) is 28.7 Å². The van der Waals surface area contributed by atoms with E-state index in [-0.39, 0.29) is 4.90 Å². The van der Waals surface area contributed by atoms with Crippen LogP contribution in [-0.2, 0) is 20.0 Å². The molecule has 0 aliphatic rings. The minimum atomic E-state index is -4.03. The van der Waals surface area contributed by atoms with Crippen LogP contribution in [0.1, 0.15) is 0 Å². The summed E-state index contributed by atoms with van der Waals surface area (Å²) < 4.78 is 46.6. The van der Waals surface area contributed by atoms with Crippen LogP contribution in [0.25, 0.3) is 0 Å². The summed E-state index contributed by atoms with van der Waals surface area (Å²) in [7, 11) is -7.84. The van der Waals surface area contributed by atoms with E-state index in [0.29, 0.717) is 4.47 Å². The van der Waals surface area contributed by atoms with Gasteiger partial charge in [0.05, 0.1) is 11.2 Å². The maximum atomic E-state index is 11.5. The number of sulfonamides is 2. The van der Waals surface area contributed by atoms with Gasteiger partial charge in [0.2, 0.25) is 10.0 Å². The van der Waals surface area contributed by atoms with Gasteiger partial charge in [-0.05, 0) is 28.1 Å². The van der Waals surface area contributed by atoms with Gasteiger partial charge in [0.15, 0.2) is 0 Å². The van der Waals surface area contributed by atoms with Crippen molar-refractivity contribution in [2.24, 2.45) is 0 Å². The van der Waals surface area contributed by atoms with Gasteiger partial charge in [0, 0.05) is 4.47 Å². The van der Waals surface area contributed by atoms with Gasteiger partial charge in [-0.3, -0.25) is 0 Å². The van der Waals surface area contributed by atoms with Crippen molar-refractivity contribution in [3.8, 4) is 0 Å². The normalized spacial score (nSPS) is 12.7. The van der Waals surface area contributed by atoms with Crippen LogP contribution in [0, 0.1) is 0 Å². The Balaban J connectivity index is 3.25. The Morgan fingerprint density at radius 2 is 1.67 bits per heavy atom. The van der Waals surface area contributed by atoms with E-state index >= 15 is 0 Å². The Labute approximate surface area is 96.7 Å². The molecule has 0 bridgehead atoms. The maximum absolute atomic E-state index is 11.5. The van der Waals surface area contributed by atoms with Crippen molar-refractivity contribution in [2.75, 3.05) is 6.26 Å². The number of nitrogens with one attached hydrogen (secondary N) is 1. The summed E-state index contributed by atoms with van der Waals surface area (Å²) in [6.07, 6.45) is 0.779. The second kappa shape index (κ2) is 4.20. The molecule has 0 aliphatic carbocycles. The summed E-state index contributed by atoms with van der Waals surface area (Å²) in [5, 5.41) is 0. The average molecular weight is 314 g/mol. The fourth-order valence-corrected chi connectivity index (χ4v) is 4.37. The van der Waals surface area contributed by atoms with E-state index in [9.17, 15) is 16.8 Å². The van der Waals surface area contributed by atoms with Crippen molar-refractivity contribution < 1.29 is 16.8 Å². The molecule has 15 heavy (non-hydrogen) atoms. The highest BCUT2D eigenvalue weighted by Gasteiger charge is 2.21. The molecular formula is C7H8BrNO4S2. The summed E-state index contributed by atoms with van der Waals surface area (Å²) in [6.45, 7) is 0. The van der Waals surface area contributed by atoms with Crippen molar-refractivity contribution in [3.63, 3.8) is 0 Å². The lowest BCUT2D eigenvalue weighted by molar-refractivity contribution is 0.580. The summed E-state index contributed by atoms with van der Waals surface area (Å²) in [5.41, 5.74) is 0. The molecule has 0 aliphatic heterocycles. The van der Waals surface area contributed by atoms with Crippen molar-refractivity contribution in [2.45, 2.75) is 4.90 Å². The van der Waals surface area contributed by atoms with E-state index in [2.05, 4.69) is 15.9 Å². The van der Waals surface area contributed by atoms with Crippen LogP contribution < -0.4 is 4.13 Å². The summed E-state index contributed by atoms with van der Waals surface area (Å²) in [5.74, 6) is 0. The first-order chi connectivity index (χ1) is 6.72. The Hall–Kier alpha value is -0.440. The second-order valence-corrected chi connectivity index (χ2v) is 7.30. The molecule has 0 heterocycles. The molecule has 1 aromatic carbocycles. The van der Waals surface area contributed by atoms with E-state index in [1.54, 1.807) is 10.2 Å². The molecule has 0 spiro atoms. The van der Waals surface area contributed by atoms with Crippen molar-refractivity contribution >= 4 is 36.0 Å². The number of halogens is 1. The standard InChI is InChI=1S/C7H8BrNO4S2/c1-14(10,11)9-15(12,13)7-5-3-2-4-6(7)8/h2-5,9H,1H3. The zero-order chi connectivity index (χ0) is 11.7. The van der Waals surface area contributed by atoms with Crippen LogP contribution in [0.5, 0.6) is 0 Å². The van der Waals surface area contributed by atoms with Crippen LogP contribution in [0.4, 0.5) is 0 Å². The van der Waals surface area contributed by atoms with Crippen molar-refractivity contribution in [1.82, 2.24) is 4.13 Å². The second-order valence-electron chi connectivity index (χ2n) is 2.79. The number of hydrogen-bond acceptors (Lipinski definition) is 4. The third-order valence-electron chi connectivity index (χ3n) is 1.39. The maximum Gasteiger partial charge on any atom is 0.254 e. The first-order valence-corrected chi connectivity index (χ1v) is 7.87. The topological polar surface area (TPSA) is 80.3 Å². The van der Waals surface area contributed by atoms with E-state index in [1.165, 1.54) is 18.2 Å². The number of hydrogen-bond donors (Lipinski definition) is 1. The van der Waals surface area contributed by atoms with Gasteiger partial charge in [-0.15, -0.1) is 4.13 Å². The molecule has 8 heteroatoms. The lowest BCUT2D eigenvalue weighted by atomic mass is 10.4. The quantitative estimate of drug-likeness (QED) is 0.890. The molecule has 5 nitrogen and oxygen atoms in total. The van der Waals surface area contributed by atoms with Crippen LogP contribution in [0.2, 0.25) is 0 Å². The number of rotatable bonds is 3. The fourth-order valence-electron chi connectivity index (χ4n) is 0.907. The third-order valence-corrected chi connectivity index (χ3v) is 5.36. The van der Waals surface area contributed by atoms with Gasteiger partial charge in [-0.1, -0.05) is 12.1 Å². The Morgan fingerprint density at radius 1 is 1.13 bits per heavy atom. The Bertz CT molecular complexity index is 564. The molecule has 0 aromatic heterocycles. The molecule has 1 rings (SSSR count). The highest BCUT2D eigenvalue weighted by atomic mass is 79.9. The minimum absolute atomic E-state index is 0.115. The summed E-state index contributed by atoms with van der Waals surface area (Å²) >= 11 is 3.03. The molecule has 0 saturated heterocycles. The first-order valence-electron chi connectivity index (χ1n) is 3.70. The zero-order valence-electron chi connectivity index (χ0n) is 7.64. The highest BCUT2D eigenvalue weighted by Crippen LogP contribution is 2.20. The molecule has 0 fully saturated rings. The molecule has 0 saturated carbocycles. The lowest BCUT2D eigenvalue weighted by Crippen LogP contribution is -2.29. The number of benzene rings is 1. The monoisotopic (exact) mass is 313 g/mol. The molecule has 0 atom stereocenters. The van der Waals surface area contributed by atoms with E-state index in [4.69, 9.17) is 0 Å². The van der Waals surface area contributed by atoms with Crippen LogP contribution in [0.15, 0.2) is 33.6 Å². The first kappa shape index (κ1) is 12.6. The van der Waals surface area contributed by atoms with Gasteiger partial charge < -0.3 is 0 Å². The summed E-state index contributed by atoms with van der Waals surface area (Å²) in [4.78, 5) is -0.115. The molecule has 1 N–H and O–H groups in total. The zero-order valence-corrected chi connectivity index (χ0v) is 10.9. The predicted octanol–water partition coefficient (Wildman–Crippen LogP) is 0.687. The Morgan fingerprint density at radius 3 is 2.13 bits per heavy atom. The highest BCUT2D eigenvalue weighted by molar-refractivity contribution is 9.10. The van der Waals surface area contributed by atoms with Crippen LogP contribution >= 0.6 is 15.9 Å². The molecule has 1 aromatic rings. The summed E-state index contributed by atoms with van der Waals surface area (Å²) in [6, 6.07) is 5.94. The molecule has 0 unspecified atom stereocenters.